The number of halogens is 3. The lowest BCUT2D eigenvalue weighted by molar-refractivity contribution is 0.0953. The molecule has 0 unspecified atom stereocenters. The first-order valence-electron chi connectivity index (χ1n) is 6.11. The van der Waals surface area contributed by atoms with Gasteiger partial charge in [-0.05, 0) is 32.2 Å². The number of nitrogens with one attached hydrogen (secondary N) is 2. The van der Waals surface area contributed by atoms with Crippen LogP contribution in [0, 0.1) is 12.7 Å². The van der Waals surface area contributed by atoms with E-state index in [1.54, 1.807) is 19.1 Å². The minimum atomic E-state index is -0.328. The molecule has 1 amide bonds. The second-order valence-electron chi connectivity index (χ2n) is 4.32. The summed E-state index contributed by atoms with van der Waals surface area (Å²) in [6.07, 6.45) is 0. The van der Waals surface area contributed by atoms with Crippen LogP contribution in [0.1, 0.15) is 16.1 Å². The first-order chi connectivity index (χ1) is 9.11. The molecule has 0 bridgehead atoms. The lowest BCUT2D eigenvalue weighted by Gasteiger charge is -2.08. The van der Waals surface area contributed by atoms with Crippen LogP contribution in [0.5, 0.6) is 0 Å². The van der Waals surface area contributed by atoms with Crippen molar-refractivity contribution in [2.24, 2.45) is 0 Å². The van der Waals surface area contributed by atoms with Gasteiger partial charge in [0.05, 0.1) is 16.8 Å². The summed E-state index contributed by atoms with van der Waals surface area (Å²) in [5.41, 5.74) is 1.68. The van der Waals surface area contributed by atoms with Crippen molar-refractivity contribution in [1.29, 1.82) is 0 Å². The number of carbonyl (C=O) groups is 1. The molecule has 116 valence electrons. The highest BCUT2D eigenvalue weighted by Gasteiger charge is 2.11. The maximum atomic E-state index is 13.1. The van der Waals surface area contributed by atoms with Gasteiger partial charge in [0.15, 0.2) is 0 Å². The largest absolute Gasteiger partial charge is 0.351 e. The Morgan fingerprint density at radius 1 is 1.24 bits per heavy atom. The Hall–Kier alpha value is -1.43. The van der Waals surface area contributed by atoms with Crippen LogP contribution in [-0.2, 0) is 0 Å². The fourth-order valence-corrected chi connectivity index (χ4v) is 1.86. The van der Waals surface area contributed by atoms with Crippen LogP contribution in [0.15, 0.2) is 24.3 Å². The summed E-state index contributed by atoms with van der Waals surface area (Å²) in [4.78, 5) is 16.3. The lowest BCUT2D eigenvalue weighted by Crippen LogP contribution is -2.31. The van der Waals surface area contributed by atoms with E-state index in [4.69, 9.17) is 0 Å². The van der Waals surface area contributed by atoms with E-state index < -0.39 is 0 Å². The molecule has 0 radical (unpaired) electrons. The van der Waals surface area contributed by atoms with Gasteiger partial charge in [-0.2, -0.15) is 0 Å². The van der Waals surface area contributed by atoms with Gasteiger partial charge in [0.25, 0.3) is 5.91 Å². The van der Waals surface area contributed by atoms with Gasteiger partial charge < -0.3 is 10.6 Å². The monoisotopic (exact) mass is 333 g/mol. The maximum Gasteiger partial charge on any atom is 0.253 e. The van der Waals surface area contributed by atoms with E-state index >= 15 is 0 Å². The number of fused-ring (bicyclic) bond motifs is 1. The number of carbonyl (C=O) groups excluding carboxylic acids is 1. The molecule has 4 nitrogen and oxygen atoms in total. The van der Waals surface area contributed by atoms with Crippen LogP contribution in [0.25, 0.3) is 10.9 Å². The summed E-state index contributed by atoms with van der Waals surface area (Å²) >= 11 is 0. The number of pyridine rings is 1. The summed E-state index contributed by atoms with van der Waals surface area (Å²) in [5.74, 6) is -0.489. The Morgan fingerprint density at radius 2 is 1.95 bits per heavy atom. The van der Waals surface area contributed by atoms with Crippen molar-refractivity contribution in [3.8, 4) is 0 Å². The molecule has 0 spiro atoms. The zero-order chi connectivity index (χ0) is 13.8. The molecule has 0 aliphatic carbocycles. The van der Waals surface area contributed by atoms with Gasteiger partial charge in [-0.1, -0.05) is 0 Å². The Bertz CT molecular complexity index is 622. The van der Waals surface area contributed by atoms with Gasteiger partial charge in [0, 0.05) is 24.5 Å². The van der Waals surface area contributed by atoms with Gasteiger partial charge in [0.1, 0.15) is 5.82 Å². The minimum Gasteiger partial charge on any atom is -0.351 e. The minimum absolute atomic E-state index is 0. The van der Waals surface area contributed by atoms with Crippen LogP contribution in [0.2, 0.25) is 0 Å². The molecule has 0 aliphatic heterocycles. The summed E-state index contributed by atoms with van der Waals surface area (Å²) in [6.45, 7) is 3.00. The van der Waals surface area contributed by atoms with Crippen molar-refractivity contribution >= 4 is 41.6 Å². The van der Waals surface area contributed by atoms with Crippen LogP contribution in [0.3, 0.4) is 0 Å². The molecule has 0 saturated carbocycles. The Morgan fingerprint density at radius 3 is 2.62 bits per heavy atom. The molecular formula is C14H18Cl2FN3O. The second kappa shape index (κ2) is 8.77. The molecular weight excluding hydrogens is 316 g/mol. The SMILES string of the molecule is CNCCNC(=O)c1cc2ccc(F)cc2nc1C.Cl.Cl. The quantitative estimate of drug-likeness (QED) is 0.845. The van der Waals surface area contributed by atoms with Crippen LogP contribution >= 0.6 is 24.8 Å². The number of hydrogen-bond donors (Lipinski definition) is 2. The van der Waals surface area contributed by atoms with Crippen molar-refractivity contribution in [2.75, 3.05) is 20.1 Å². The smallest absolute Gasteiger partial charge is 0.253 e. The third kappa shape index (κ3) is 4.81. The second-order valence-corrected chi connectivity index (χ2v) is 4.32. The number of amides is 1. The Labute approximate surface area is 135 Å². The average Bonchev–Trinajstić information content (AvgIpc) is 2.38. The van der Waals surface area contributed by atoms with Crippen molar-refractivity contribution in [2.45, 2.75) is 6.92 Å². The topological polar surface area (TPSA) is 54.0 Å². The lowest BCUT2D eigenvalue weighted by atomic mass is 10.1. The molecule has 0 aliphatic rings. The predicted molar refractivity (Wildman–Crippen MR) is 87.2 cm³/mol. The van der Waals surface area contributed by atoms with Crippen molar-refractivity contribution < 1.29 is 9.18 Å². The fraction of sp³-hybridized carbons (Fsp3) is 0.286. The zero-order valence-electron chi connectivity index (χ0n) is 11.8. The number of rotatable bonds is 4. The van der Waals surface area contributed by atoms with Crippen LogP contribution < -0.4 is 10.6 Å². The number of benzene rings is 1. The van der Waals surface area contributed by atoms with E-state index in [-0.39, 0.29) is 36.5 Å². The fourth-order valence-electron chi connectivity index (χ4n) is 1.86. The van der Waals surface area contributed by atoms with Crippen molar-refractivity contribution in [3.63, 3.8) is 0 Å². The third-order valence-corrected chi connectivity index (χ3v) is 2.88. The van der Waals surface area contributed by atoms with E-state index in [0.29, 0.717) is 29.9 Å². The van der Waals surface area contributed by atoms with E-state index in [2.05, 4.69) is 15.6 Å². The zero-order valence-corrected chi connectivity index (χ0v) is 13.4. The first-order valence-corrected chi connectivity index (χ1v) is 6.11. The van der Waals surface area contributed by atoms with Gasteiger partial charge in [-0.15, -0.1) is 24.8 Å². The summed E-state index contributed by atoms with van der Waals surface area (Å²) in [7, 11) is 1.82. The number of likely N-dealkylation sites (N-methyl/N-ethyl adjacent to an activating group) is 1. The molecule has 1 heterocycles. The molecule has 2 N–H and O–H groups in total. The maximum absolute atomic E-state index is 13.1. The highest BCUT2D eigenvalue weighted by Crippen LogP contribution is 2.17. The highest BCUT2D eigenvalue weighted by molar-refractivity contribution is 5.98. The summed E-state index contributed by atoms with van der Waals surface area (Å²) in [5, 5.41) is 6.51. The molecule has 2 rings (SSSR count). The third-order valence-electron chi connectivity index (χ3n) is 2.88. The normalized spacial score (nSPS) is 9.67. The van der Waals surface area contributed by atoms with Crippen LogP contribution in [-0.4, -0.2) is 31.0 Å². The Balaban J connectivity index is 0.00000200. The number of aromatic nitrogens is 1. The molecule has 1 aromatic heterocycles. The predicted octanol–water partition coefficient (Wildman–Crippen LogP) is 2.48. The molecule has 21 heavy (non-hydrogen) atoms. The van der Waals surface area contributed by atoms with E-state index in [0.717, 1.165) is 5.39 Å². The standard InChI is InChI=1S/C14H16FN3O.2ClH/c1-9-12(14(19)17-6-5-16-2)7-10-3-4-11(15)8-13(10)18-9;;/h3-4,7-8,16H,5-6H2,1-2H3,(H,17,19);2*1H. The van der Waals surface area contributed by atoms with E-state index in [1.807, 2.05) is 7.05 Å². The van der Waals surface area contributed by atoms with Gasteiger partial charge in [-0.3, -0.25) is 9.78 Å². The molecule has 0 saturated heterocycles. The van der Waals surface area contributed by atoms with Gasteiger partial charge >= 0.3 is 0 Å². The number of hydrogen-bond acceptors (Lipinski definition) is 3. The van der Waals surface area contributed by atoms with Crippen molar-refractivity contribution in [3.05, 3.63) is 41.3 Å². The molecule has 7 heteroatoms. The molecule has 0 atom stereocenters. The van der Waals surface area contributed by atoms with Gasteiger partial charge in [-0.25, -0.2) is 4.39 Å². The molecule has 2 aromatic rings. The van der Waals surface area contributed by atoms with E-state index in [1.165, 1.54) is 12.1 Å². The van der Waals surface area contributed by atoms with Crippen molar-refractivity contribution in [1.82, 2.24) is 15.6 Å². The number of aryl methyl sites for hydroxylation is 1. The summed E-state index contributed by atoms with van der Waals surface area (Å²) in [6, 6.07) is 6.10. The highest BCUT2D eigenvalue weighted by atomic mass is 35.5. The average molecular weight is 334 g/mol. The number of nitrogens with zero attached hydrogens (tertiary/aromatic N) is 1. The first kappa shape index (κ1) is 19.6. The molecule has 1 aromatic carbocycles. The Kier molecular flexibility index (Phi) is 8.17. The van der Waals surface area contributed by atoms with Gasteiger partial charge in [0.2, 0.25) is 0 Å². The summed E-state index contributed by atoms with van der Waals surface area (Å²) < 4.78 is 13.1. The van der Waals surface area contributed by atoms with Crippen LogP contribution in [0.4, 0.5) is 4.39 Å². The van der Waals surface area contributed by atoms with E-state index in [9.17, 15) is 9.18 Å². The molecule has 0 fully saturated rings.